The van der Waals surface area contributed by atoms with Crippen LogP contribution in [0.2, 0.25) is 0 Å². The van der Waals surface area contributed by atoms with E-state index in [2.05, 4.69) is 10.3 Å². The SMILES string of the molecule is CCCn1ccc(NC(=O)CCl)nc1=O. The van der Waals surface area contributed by atoms with Crippen LogP contribution in [0.3, 0.4) is 0 Å². The lowest BCUT2D eigenvalue weighted by molar-refractivity contribution is -0.113. The molecule has 0 unspecified atom stereocenters. The van der Waals surface area contributed by atoms with Crippen LogP contribution < -0.4 is 11.0 Å². The van der Waals surface area contributed by atoms with Gasteiger partial charge in [0.15, 0.2) is 0 Å². The highest BCUT2D eigenvalue weighted by Gasteiger charge is 2.03. The maximum absolute atomic E-state index is 11.4. The topological polar surface area (TPSA) is 64.0 Å². The molecule has 1 aromatic heterocycles. The lowest BCUT2D eigenvalue weighted by Crippen LogP contribution is -2.24. The van der Waals surface area contributed by atoms with Crippen molar-refractivity contribution in [1.29, 1.82) is 0 Å². The van der Waals surface area contributed by atoms with E-state index >= 15 is 0 Å². The van der Waals surface area contributed by atoms with Gasteiger partial charge in [0.1, 0.15) is 11.7 Å². The molecule has 0 aliphatic rings. The maximum atomic E-state index is 11.4. The molecule has 5 nitrogen and oxygen atoms in total. The molecule has 6 heteroatoms. The van der Waals surface area contributed by atoms with Gasteiger partial charge in [0.05, 0.1) is 0 Å². The first-order valence-corrected chi connectivity index (χ1v) is 5.14. The van der Waals surface area contributed by atoms with E-state index < -0.39 is 0 Å². The van der Waals surface area contributed by atoms with Crippen molar-refractivity contribution >= 4 is 23.3 Å². The minimum absolute atomic E-state index is 0.153. The molecule has 0 saturated carbocycles. The Labute approximate surface area is 92.1 Å². The van der Waals surface area contributed by atoms with Crippen molar-refractivity contribution in [2.45, 2.75) is 19.9 Å². The average Bonchev–Trinajstić information content (AvgIpc) is 2.22. The standard InChI is InChI=1S/C9H12ClN3O2/c1-2-4-13-5-3-7(12-9(13)15)11-8(14)6-10/h3,5H,2,4,6H2,1H3,(H,11,12,14,15). The molecule has 82 valence electrons. The van der Waals surface area contributed by atoms with E-state index in [1.807, 2.05) is 6.92 Å². The molecule has 15 heavy (non-hydrogen) atoms. The Morgan fingerprint density at radius 3 is 2.93 bits per heavy atom. The quantitative estimate of drug-likeness (QED) is 0.778. The Bertz CT molecular complexity index is 403. The van der Waals surface area contributed by atoms with Crippen molar-refractivity contribution in [2.24, 2.45) is 0 Å². The predicted octanol–water partition coefficient (Wildman–Crippen LogP) is 0.831. The third-order valence-electron chi connectivity index (χ3n) is 1.73. The molecule has 0 radical (unpaired) electrons. The summed E-state index contributed by atoms with van der Waals surface area (Å²) in [6.45, 7) is 2.59. The number of alkyl halides is 1. The van der Waals surface area contributed by atoms with Crippen molar-refractivity contribution < 1.29 is 4.79 Å². The number of aromatic nitrogens is 2. The van der Waals surface area contributed by atoms with Gasteiger partial charge in [-0.05, 0) is 12.5 Å². The molecular weight excluding hydrogens is 218 g/mol. The predicted molar refractivity (Wildman–Crippen MR) is 58.1 cm³/mol. The van der Waals surface area contributed by atoms with Crippen LogP contribution in [-0.2, 0) is 11.3 Å². The molecule has 0 aliphatic carbocycles. The van der Waals surface area contributed by atoms with Crippen molar-refractivity contribution in [3.8, 4) is 0 Å². The van der Waals surface area contributed by atoms with E-state index in [0.717, 1.165) is 6.42 Å². The first kappa shape index (κ1) is 11.7. The second kappa shape index (κ2) is 5.50. The molecule has 0 atom stereocenters. The zero-order valence-corrected chi connectivity index (χ0v) is 9.12. The number of anilines is 1. The van der Waals surface area contributed by atoms with Crippen LogP contribution in [0, 0.1) is 0 Å². The minimum Gasteiger partial charge on any atom is -0.309 e. The number of hydrogen-bond acceptors (Lipinski definition) is 3. The van der Waals surface area contributed by atoms with Crippen LogP contribution in [-0.4, -0.2) is 21.3 Å². The summed E-state index contributed by atoms with van der Waals surface area (Å²) < 4.78 is 1.48. The molecule has 0 fully saturated rings. The van der Waals surface area contributed by atoms with Gasteiger partial charge in [-0.1, -0.05) is 6.92 Å². The smallest absolute Gasteiger partial charge is 0.309 e. The Morgan fingerprint density at radius 1 is 1.67 bits per heavy atom. The Morgan fingerprint density at radius 2 is 2.40 bits per heavy atom. The summed E-state index contributed by atoms with van der Waals surface area (Å²) in [6.07, 6.45) is 2.46. The molecule has 0 spiro atoms. The third-order valence-corrected chi connectivity index (χ3v) is 1.97. The zero-order valence-electron chi connectivity index (χ0n) is 8.36. The number of halogens is 1. The van der Waals surface area contributed by atoms with E-state index in [1.54, 1.807) is 12.3 Å². The molecule has 1 heterocycles. The van der Waals surface area contributed by atoms with Crippen LogP contribution >= 0.6 is 11.6 Å². The molecule has 1 aromatic rings. The Balaban J connectivity index is 2.82. The van der Waals surface area contributed by atoms with E-state index in [1.165, 1.54) is 4.57 Å². The second-order valence-electron chi connectivity index (χ2n) is 2.97. The molecular formula is C9H12ClN3O2. The van der Waals surface area contributed by atoms with Crippen LogP contribution in [0.15, 0.2) is 17.1 Å². The fraction of sp³-hybridized carbons (Fsp3) is 0.444. The maximum Gasteiger partial charge on any atom is 0.349 e. The van der Waals surface area contributed by atoms with E-state index in [4.69, 9.17) is 11.6 Å². The molecule has 0 bridgehead atoms. The molecule has 1 rings (SSSR count). The van der Waals surface area contributed by atoms with Crippen LogP contribution in [0.25, 0.3) is 0 Å². The number of rotatable bonds is 4. The van der Waals surface area contributed by atoms with Gasteiger partial charge in [0, 0.05) is 12.7 Å². The van der Waals surface area contributed by atoms with Crippen molar-refractivity contribution in [2.75, 3.05) is 11.2 Å². The van der Waals surface area contributed by atoms with Gasteiger partial charge in [-0.3, -0.25) is 9.36 Å². The summed E-state index contributed by atoms with van der Waals surface area (Å²) in [7, 11) is 0. The number of carbonyl (C=O) groups excluding carboxylic acids is 1. The van der Waals surface area contributed by atoms with Crippen molar-refractivity contribution in [1.82, 2.24) is 9.55 Å². The van der Waals surface area contributed by atoms with Gasteiger partial charge in [-0.15, -0.1) is 11.6 Å². The van der Waals surface area contributed by atoms with Crippen LogP contribution in [0.4, 0.5) is 5.82 Å². The number of aryl methyl sites for hydroxylation is 1. The minimum atomic E-state index is -0.378. The molecule has 0 saturated heterocycles. The zero-order chi connectivity index (χ0) is 11.3. The lowest BCUT2D eigenvalue weighted by Gasteiger charge is -2.04. The average molecular weight is 230 g/mol. The lowest BCUT2D eigenvalue weighted by atomic mass is 10.4. The highest BCUT2D eigenvalue weighted by Crippen LogP contribution is 1.98. The molecule has 0 aromatic carbocycles. The largest absolute Gasteiger partial charge is 0.349 e. The first-order chi connectivity index (χ1) is 7.17. The summed E-state index contributed by atoms with van der Waals surface area (Å²) >= 11 is 5.30. The fourth-order valence-electron chi connectivity index (χ4n) is 1.09. The van der Waals surface area contributed by atoms with E-state index in [0.29, 0.717) is 6.54 Å². The van der Waals surface area contributed by atoms with E-state index in [-0.39, 0.29) is 23.3 Å². The van der Waals surface area contributed by atoms with Crippen LogP contribution in [0.5, 0.6) is 0 Å². The molecule has 0 aliphatic heterocycles. The Kier molecular flexibility index (Phi) is 4.30. The number of amides is 1. The van der Waals surface area contributed by atoms with Gasteiger partial charge in [0.25, 0.3) is 0 Å². The van der Waals surface area contributed by atoms with Crippen molar-refractivity contribution in [3.05, 3.63) is 22.7 Å². The summed E-state index contributed by atoms with van der Waals surface area (Å²) in [5, 5.41) is 2.41. The number of carbonyl (C=O) groups is 1. The number of nitrogens with zero attached hydrogens (tertiary/aromatic N) is 2. The molecule has 1 N–H and O–H groups in total. The van der Waals surface area contributed by atoms with Crippen molar-refractivity contribution in [3.63, 3.8) is 0 Å². The van der Waals surface area contributed by atoms with Gasteiger partial charge in [-0.25, -0.2) is 4.79 Å². The summed E-state index contributed by atoms with van der Waals surface area (Å²) in [5.41, 5.74) is -0.371. The summed E-state index contributed by atoms with van der Waals surface area (Å²) in [5.74, 6) is -0.297. The number of hydrogen-bond donors (Lipinski definition) is 1. The fourth-order valence-corrected chi connectivity index (χ4v) is 1.15. The Hall–Kier alpha value is -1.36. The monoisotopic (exact) mass is 229 g/mol. The third kappa shape index (κ3) is 3.36. The van der Waals surface area contributed by atoms with Gasteiger partial charge < -0.3 is 5.32 Å². The van der Waals surface area contributed by atoms with Crippen LogP contribution in [0.1, 0.15) is 13.3 Å². The van der Waals surface area contributed by atoms with Gasteiger partial charge in [0.2, 0.25) is 5.91 Å². The number of nitrogens with one attached hydrogen (secondary N) is 1. The van der Waals surface area contributed by atoms with Gasteiger partial charge >= 0.3 is 5.69 Å². The first-order valence-electron chi connectivity index (χ1n) is 4.60. The highest BCUT2D eigenvalue weighted by atomic mass is 35.5. The summed E-state index contributed by atoms with van der Waals surface area (Å²) in [4.78, 5) is 26.0. The van der Waals surface area contributed by atoms with Gasteiger partial charge in [-0.2, -0.15) is 4.98 Å². The normalized spacial score (nSPS) is 10.0. The van der Waals surface area contributed by atoms with E-state index in [9.17, 15) is 9.59 Å². The summed E-state index contributed by atoms with van der Waals surface area (Å²) in [6, 6.07) is 1.57. The highest BCUT2D eigenvalue weighted by molar-refractivity contribution is 6.28. The second-order valence-corrected chi connectivity index (χ2v) is 3.24. The molecule has 1 amide bonds.